The molecule has 0 aromatic rings. The topological polar surface area (TPSA) is 58.0 Å². The third kappa shape index (κ3) is 1.80. The molecule has 1 saturated heterocycles. The molecule has 0 aliphatic carbocycles. The second-order valence-corrected chi connectivity index (χ2v) is 2.84. The second-order valence-electron chi connectivity index (χ2n) is 2.18. The molecule has 2 atom stereocenters. The molecular formula is C5H9N3OS. The predicted molar refractivity (Wildman–Crippen MR) is 41.1 cm³/mol. The van der Waals surface area contributed by atoms with Crippen molar-refractivity contribution in [1.82, 2.24) is 0 Å². The summed E-state index contributed by atoms with van der Waals surface area (Å²) < 4.78 is 5.23. The van der Waals surface area contributed by atoms with Crippen LogP contribution >= 0.6 is 12.6 Å². The van der Waals surface area contributed by atoms with Gasteiger partial charge in [-0.3, -0.25) is 0 Å². The van der Waals surface area contributed by atoms with E-state index in [-0.39, 0.29) is 11.4 Å². The van der Waals surface area contributed by atoms with Gasteiger partial charge in [0.1, 0.15) is 0 Å². The summed E-state index contributed by atoms with van der Waals surface area (Å²) in [6.45, 7) is 1.14. The van der Waals surface area contributed by atoms with E-state index in [1.54, 1.807) is 0 Å². The first-order chi connectivity index (χ1) is 4.84. The minimum absolute atomic E-state index is 0.0271. The zero-order chi connectivity index (χ0) is 7.40. The van der Waals surface area contributed by atoms with Gasteiger partial charge < -0.3 is 4.74 Å². The van der Waals surface area contributed by atoms with Crippen LogP contribution in [0, 0.1) is 0 Å². The second kappa shape index (κ2) is 3.71. The lowest BCUT2D eigenvalue weighted by molar-refractivity contribution is 0.119. The van der Waals surface area contributed by atoms with Crippen LogP contribution in [-0.2, 0) is 4.74 Å². The van der Waals surface area contributed by atoms with Gasteiger partial charge in [-0.2, -0.15) is 12.6 Å². The minimum Gasteiger partial charge on any atom is -0.377 e. The van der Waals surface area contributed by atoms with E-state index in [0.29, 0.717) is 6.54 Å². The van der Waals surface area contributed by atoms with Crippen molar-refractivity contribution in [3.05, 3.63) is 10.4 Å². The number of ether oxygens (including phenoxy) is 1. The van der Waals surface area contributed by atoms with E-state index in [2.05, 4.69) is 22.7 Å². The van der Waals surface area contributed by atoms with E-state index in [1.807, 2.05) is 0 Å². The number of nitrogens with zero attached hydrogens (tertiary/aromatic N) is 3. The predicted octanol–water partition coefficient (Wildman–Crippen LogP) is 1.38. The number of azide groups is 1. The summed E-state index contributed by atoms with van der Waals surface area (Å²) in [5, 5.41) is 3.65. The van der Waals surface area contributed by atoms with Crippen LogP contribution in [0.5, 0.6) is 0 Å². The molecule has 4 nitrogen and oxygen atoms in total. The van der Waals surface area contributed by atoms with Gasteiger partial charge in [-0.15, -0.1) is 0 Å². The average Bonchev–Trinajstić information content (AvgIpc) is 2.31. The Morgan fingerprint density at radius 2 is 2.60 bits per heavy atom. The minimum atomic E-state index is 0.0271. The van der Waals surface area contributed by atoms with Crippen molar-refractivity contribution in [3.8, 4) is 0 Å². The van der Waals surface area contributed by atoms with Crippen molar-refractivity contribution in [3.63, 3.8) is 0 Å². The van der Waals surface area contributed by atoms with Crippen LogP contribution in [0.3, 0.4) is 0 Å². The van der Waals surface area contributed by atoms with E-state index in [1.165, 1.54) is 0 Å². The summed E-state index contributed by atoms with van der Waals surface area (Å²) in [6.07, 6.45) is 0.980. The largest absolute Gasteiger partial charge is 0.377 e. The Hall–Kier alpha value is -0.380. The molecule has 5 heteroatoms. The molecule has 0 amide bonds. The first-order valence-electron chi connectivity index (χ1n) is 3.15. The maximum absolute atomic E-state index is 7.99. The SMILES string of the molecule is [N-]=[N+]=NC[C@H]1OCC[C@H]1S. The van der Waals surface area contributed by atoms with Gasteiger partial charge in [0.2, 0.25) is 0 Å². The van der Waals surface area contributed by atoms with E-state index in [0.717, 1.165) is 13.0 Å². The zero-order valence-corrected chi connectivity index (χ0v) is 6.37. The van der Waals surface area contributed by atoms with Gasteiger partial charge in [0.25, 0.3) is 0 Å². The zero-order valence-electron chi connectivity index (χ0n) is 5.47. The van der Waals surface area contributed by atoms with Crippen molar-refractivity contribution >= 4 is 12.6 Å². The highest BCUT2D eigenvalue weighted by Gasteiger charge is 2.23. The van der Waals surface area contributed by atoms with Gasteiger partial charge in [0.15, 0.2) is 0 Å². The van der Waals surface area contributed by atoms with Crippen LogP contribution in [0.1, 0.15) is 6.42 Å². The molecule has 1 aliphatic heterocycles. The molecule has 1 heterocycles. The van der Waals surface area contributed by atoms with Gasteiger partial charge in [-0.05, 0) is 12.0 Å². The highest BCUT2D eigenvalue weighted by atomic mass is 32.1. The standard InChI is InChI=1S/C5H9N3OS/c6-8-7-3-4-5(10)1-2-9-4/h4-5,10H,1-3H2/t4-,5-/m1/s1. The van der Waals surface area contributed by atoms with Crippen molar-refractivity contribution in [2.75, 3.05) is 13.2 Å². The molecule has 0 aromatic carbocycles. The lowest BCUT2D eigenvalue weighted by atomic mass is 10.2. The van der Waals surface area contributed by atoms with Crippen LogP contribution in [0.25, 0.3) is 10.4 Å². The molecule has 10 heavy (non-hydrogen) atoms. The van der Waals surface area contributed by atoms with Gasteiger partial charge >= 0.3 is 0 Å². The molecule has 0 unspecified atom stereocenters. The fraction of sp³-hybridized carbons (Fsp3) is 1.00. The fourth-order valence-corrected chi connectivity index (χ4v) is 1.21. The lowest BCUT2D eigenvalue weighted by Crippen LogP contribution is -2.18. The molecule has 1 rings (SSSR count). The van der Waals surface area contributed by atoms with Crippen molar-refractivity contribution in [1.29, 1.82) is 0 Å². The molecule has 0 spiro atoms. The Morgan fingerprint density at radius 3 is 3.10 bits per heavy atom. The summed E-state index contributed by atoms with van der Waals surface area (Å²) in [5.74, 6) is 0. The maximum Gasteiger partial charge on any atom is 0.0748 e. The third-order valence-electron chi connectivity index (χ3n) is 1.50. The molecule has 0 N–H and O–H groups in total. The molecule has 1 aliphatic rings. The molecule has 0 aromatic heterocycles. The maximum atomic E-state index is 7.99. The van der Waals surface area contributed by atoms with Crippen molar-refractivity contribution in [2.24, 2.45) is 5.11 Å². The number of hydrogen-bond donors (Lipinski definition) is 1. The van der Waals surface area contributed by atoms with E-state index in [4.69, 9.17) is 10.3 Å². The van der Waals surface area contributed by atoms with Gasteiger partial charge in [-0.25, -0.2) is 0 Å². The Kier molecular flexibility index (Phi) is 2.86. The first kappa shape index (κ1) is 7.72. The summed E-state index contributed by atoms with van der Waals surface area (Å²) in [5.41, 5.74) is 7.99. The molecule has 1 fully saturated rings. The highest BCUT2D eigenvalue weighted by Crippen LogP contribution is 2.18. The molecule has 0 radical (unpaired) electrons. The monoisotopic (exact) mass is 159 g/mol. The van der Waals surface area contributed by atoms with Crippen LogP contribution in [0.2, 0.25) is 0 Å². The van der Waals surface area contributed by atoms with E-state index >= 15 is 0 Å². The molecule has 0 saturated carbocycles. The van der Waals surface area contributed by atoms with Gasteiger partial charge in [0.05, 0.1) is 12.6 Å². The Labute approximate surface area is 64.6 Å². The lowest BCUT2D eigenvalue weighted by Gasteiger charge is -2.08. The molecular weight excluding hydrogens is 150 g/mol. The summed E-state index contributed by atoms with van der Waals surface area (Å²) in [6, 6.07) is 0. The van der Waals surface area contributed by atoms with E-state index in [9.17, 15) is 0 Å². The normalized spacial score (nSPS) is 31.7. The van der Waals surface area contributed by atoms with Crippen LogP contribution < -0.4 is 0 Å². The number of rotatable bonds is 2. The molecule has 0 bridgehead atoms. The number of hydrogen-bond acceptors (Lipinski definition) is 3. The van der Waals surface area contributed by atoms with Gasteiger partial charge in [0, 0.05) is 16.8 Å². The average molecular weight is 159 g/mol. The van der Waals surface area contributed by atoms with Crippen LogP contribution in [-0.4, -0.2) is 24.5 Å². The Balaban J connectivity index is 2.32. The quantitative estimate of drug-likeness (QED) is 0.281. The van der Waals surface area contributed by atoms with Crippen molar-refractivity contribution < 1.29 is 4.74 Å². The molecule has 56 valence electrons. The summed E-state index contributed by atoms with van der Waals surface area (Å²) >= 11 is 4.25. The van der Waals surface area contributed by atoms with Crippen LogP contribution in [0.4, 0.5) is 0 Å². The Morgan fingerprint density at radius 1 is 1.80 bits per heavy atom. The Bertz CT molecular complexity index is 157. The first-order valence-corrected chi connectivity index (χ1v) is 3.67. The van der Waals surface area contributed by atoms with E-state index < -0.39 is 0 Å². The fourth-order valence-electron chi connectivity index (χ4n) is 0.928. The highest BCUT2D eigenvalue weighted by molar-refractivity contribution is 7.81. The van der Waals surface area contributed by atoms with Crippen LogP contribution in [0.15, 0.2) is 5.11 Å². The smallest absolute Gasteiger partial charge is 0.0748 e. The number of thiol groups is 1. The van der Waals surface area contributed by atoms with Gasteiger partial charge in [-0.1, -0.05) is 5.11 Å². The van der Waals surface area contributed by atoms with Crippen molar-refractivity contribution in [2.45, 2.75) is 17.8 Å². The summed E-state index contributed by atoms with van der Waals surface area (Å²) in [7, 11) is 0. The summed E-state index contributed by atoms with van der Waals surface area (Å²) in [4.78, 5) is 2.64. The third-order valence-corrected chi connectivity index (χ3v) is 2.09.